The Hall–Kier alpha value is -5.94. The van der Waals surface area contributed by atoms with Crippen LogP contribution >= 0.6 is 23.2 Å². The Bertz CT molecular complexity index is 3460. The van der Waals surface area contributed by atoms with Crippen LogP contribution in [0.4, 0.5) is 13.2 Å². The van der Waals surface area contributed by atoms with Crippen molar-refractivity contribution in [3.8, 4) is 0 Å². The minimum absolute atomic E-state index is 0.260. The van der Waals surface area contributed by atoms with Crippen molar-refractivity contribution in [2.45, 2.75) is 287 Å². The van der Waals surface area contributed by atoms with E-state index in [-0.39, 0.29) is 5.92 Å². The van der Waals surface area contributed by atoms with E-state index in [0.29, 0.717) is 64.0 Å². The molecule has 1 heterocycles. The van der Waals surface area contributed by atoms with Crippen LogP contribution in [-0.4, -0.2) is 4.98 Å². The van der Waals surface area contributed by atoms with E-state index in [4.69, 9.17) is 23.2 Å². The molecular formula is C90H128Cl2F3N. The molecule has 0 atom stereocenters. The third-order valence-electron chi connectivity index (χ3n) is 17.8. The van der Waals surface area contributed by atoms with Crippen molar-refractivity contribution in [2.75, 3.05) is 0 Å². The van der Waals surface area contributed by atoms with Gasteiger partial charge < -0.3 is 0 Å². The van der Waals surface area contributed by atoms with Crippen LogP contribution in [-0.2, 0) is 6.18 Å². The molecule has 7 aromatic carbocycles. The first-order valence-corrected chi connectivity index (χ1v) is 36.1. The van der Waals surface area contributed by atoms with E-state index in [1.54, 1.807) is 12.1 Å². The molecule has 0 unspecified atom stereocenters. The monoisotopic (exact) mass is 1350 g/mol. The largest absolute Gasteiger partial charge is 0.416 e. The number of alkyl halides is 3. The van der Waals surface area contributed by atoms with Gasteiger partial charge in [0, 0.05) is 10.7 Å². The summed E-state index contributed by atoms with van der Waals surface area (Å²) < 4.78 is 37.1. The lowest BCUT2D eigenvalue weighted by molar-refractivity contribution is -0.138. The van der Waals surface area contributed by atoms with Gasteiger partial charge in [0.15, 0.2) is 0 Å². The van der Waals surface area contributed by atoms with Crippen molar-refractivity contribution in [3.05, 3.63) is 272 Å². The smallest absolute Gasteiger partial charge is 0.241 e. The normalized spacial score (nSPS) is 11.1. The lowest BCUT2D eigenvalue weighted by atomic mass is 9.92. The quantitative estimate of drug-likeness (QED) is 0.124. The Morgan fingerprint density at radius 1 is 0.271 bits per heavy atom. The van der Waals surface area contributed by atoms with Crippen molar-refractivity contribution in [2.24, 2.45) is 0 Å². The molecule has 528 valence electrons. The summed E-state index contributed by atoms with van der Waals surface area (Å²) >= 11 is 12.1. The third-order valence-corrected chi connectivity index (χ3v) is 18.6. The summed E-state index contributed by atoms with van der Waals surface area (Å²) in [6, 6.07) is 46.2. The molecule has 0 N–H and O–H groups in total. The summed E-state index contributed by atoms with van der Waals surface area (Å²) in [6.45, 7) is 68.8. The molecule has 0 aliphatic heterocycles. The highest BCUT2D eigenvalue weighted by Crippen LogP contribution is 2.34. The van der Waals surface area contributed by atoms with Crippen LogP contribution in [0.2, 0.25) is 10.2 Å². The van der Waals surface area contributed by atoms with Gasteiger partial charge in [-0.15, -0.1) is 0 Å². The van der Waals surface area contributed by atoms with Gasteiger partial charge in [-0.1, -0.05) is 283 Å². The summed E-state index contributed by atoms with van der Waals surface area (Å²) in [5.41, 5.74) is 28.0. The second-order valence-corrected chi connectivity index (χ2v) is 30.5. The van der Waals surface area contributed by atoms with E-state index in [9.17, 15) is 13.2 Å². The average Bonchev–Trinajstić information content (AvgIpc) is 0.962. The molecule has 0 aliphatic rings. The molecule has 0 aliphatic carbocycles. The Morgan fingerprint density at radius 2 is 0.604 bits per heavy atom. The van der Waals surface area contributed by atoms with Gasteiger partial charge in [-0.05, 0) is 272 Å². The molecule has 6 heteroatoms. The number of halogens is 5. The maximum atomic E-state index is 12.4. The molecule has 0 amide bonds. The predicted octanol–water partition coefficient (Wildman–Crippen LogP) is 30.1. The summed E-state index contributed by atoms with van der Waals surface area (Å²) in [6.07, 6.45) is -4.24. The minimum Gasteiger partial charge on any atom is -0.241 e. The number of aryl methyl sites for hydroxylation is 11. The Kier molecular flexibility index (Phi) is 38.6. The van der Waals surface area contributed by atoms with Crippen LogP contribution < -0.4 is 0 Å². The number of rotatable bonds is 10. The molecule has 8 aromatic rings. The molecular weight excluding hydrogens is 1220 g/mol. The van der Waals surface area contributed by atoms with Crippen molar-refractivity contribution in [1.29, 1.82) is 0 Å². The van der Waals surface area contributed by atoms with Gasteiger partial charge in [-0.3, -0.25) is 0 Å². The van der Waals surface area contributed by atoms with Gasteiger partial charge in [0.25, 0.3) is 0 Å². The van der Waals surface area contributed by atoms with Gasteiger partial charge in [-0.25, -0.2) is 4.98 Å². The summed E-state index contributed by atoms with van der Waals surface area (Å²) in [7, 11) is 0. The predicted molar refractivity (Wildman–Crippen MR) is 422 cm³/mol. The highest BCUT2D eigenvalue weighted by Gasteiger charge is 2.32. The molecule has 0 radical (unpaired) electrons. The number of aromatic nitrogens is 1. The molecule has 8 rings (SSSR count). The third kappa shape index (κ3) is 30.9. The maximum absolute atomic E-state index is 12.4. The minimum atomic E-state index is -4.24. The SMILES string of the molecule is Cc1c(Cl)cc(C(C)C)cc1C(C)C.Cc1cc(C(C)C)ccc1C(F)(F)F.Cc1cc(C)c(C(C)C)cc1C.Cc1ccc(C(C)C)cc1.Cc1ccc(C(C)C)cc1C.Cc1ccc(C(C)C)cc1C.Cc1ccc(C(C)C)cc1C(C)C.Cc1ccc(C(C)C)nc1Cl. The van der Waals surface area contributed by atoms with Crippen molar-refractivity contribution in [3.63, 3.8) is 0 Å². The van der Waals surface area contributed by atoms with Crippen LogP contribution in [0.1, 0.15) is 326 Å². The van der Waals surface area contributed by atoms with Gasteiger partial charge in [0.2, 0.25) is 0 Å². The highest BCUT2D eigenvalue weighted by molar-refractivity contribution is 6.31. The summed E-state index contributed by atoms with van der Waals surface area (Å²) in [5, 5.41) is 1.52. The lowest BCUT2D eigenvalue weighted by Crippen LogP contribution is -2.07. The standard InChI is InChI=1S/C13H19Cl.C13H20.C12H18.C11H13F3.2C11H16.C10H14.C9H12ClN/c1-8(2)11-6-12(9(3)4)10(5)13(14)7-11;1-9(2)12-7-6-11(5)13(8-12)10(3)4;1-8(2)12-7-10(4)9(3)6-11(12)5;1-7(2)9-4-5-10(8(3)6-9)11(12,13)14;2*1-8(2)11-6-5-9(3)10(4)7-11;1-8(2)10-6-4-9(3)5-7-10;1-6(2)8-5-4-7(3)9(10)11-8/h6-9H,1-5H3;6-10H,1-5H3;6-8H,1-5H3;4-7H,1-3H3;2*5-8H,1-4H3;4-8H,1-3H3;4-6H,1-3H3. The van der Waals surface area contributed by atoms with E-state index >= 15 is 0 Å². The van der Waals surface area contributed by atoms with E-state index in [2.05, 4.69) is 302 Å². The fourth-order valence-electron chi connectivity index (χ4n) is 10.3. The van der Waals surface area contributed by atoms with Crippen LogP contribution in [0.15, 0.2) is 133 Å². The second kappa shape index (κ2) is 42.1. The van der Waals surface area contributed by atoms with Crippen LogP contribution in [0, 0.1) is 83.1 Å². The van der Waals surface area contributed by atoms with E-state index < -0.39 is 11.7 Å². The first kappa shape index (κ1) is 88.1. The molecule has 96 heavy (non-hydrogen) atoms. The maximum Gasteiger partial charge on any atom is 0.416 e. The number of nitrogens with zero attached hydrogens (tertiary/aromatic N) is 1. The zero-order valence-corrected chi connectivity index (χ0v) is 67.3. The van der Waals surface area contributed by atoms with Crippen LogP contribution in [0.5, 0.6) is 0 Å². The van der Waals surface area contributed by atoms with E-state index in [1.165, 1.54) is 107 Å². The van der Waals surface area contributed by atoms with Gasteiger partial charge in [-0.2, -0.15) is 13.2 Å². The lowest BCUT2D eigenvalue weighted by Gasteiger charge is -2.15. The van der Waals surface area contributed by atoms with Gasteiger partial charge in [0.1, 0.15) is 5.15 Å². The molecule has 1 nitrogen and oxygen atoms in total. The number of benzene rings is 7. The van der Waals surface area contributed by atoms with Crippen molar-refractivity contribution in [1.82, 2.24) is 4.98 Å². The fraction of sp³-hybridized carbons (Fsp3) is 0.478. The second-order valence-electron chi connectivity index (χ2n) is 29.7. The molecule has 0 fully saturated rings. The molecule has 0 saturated heterocycles. The highest BCUT2D eigenvalue weighted by atomic mass is 35.5. The number of pyridine rings is 1. The first-order valence-electron chi connectivity index (χ1n) is 35.3. The van der Waals surface area contributed by atoms with Crippen LogP contribution in [0.25, 0.3) is 0 Å². The molecule has 1 aromatic heterocycles. The van der Waals surface area contributed by atoms with Gasteiger partial charge in [0.05, 0.1) is 5.56 Å². The van der Waals surface area contributed by atoms with Crippen LogP contribution in [0.3, 0.4) is 0 Å². The molecule has 0 bridgehead atoms. The van der Waals surface area contributed by atoms with Crippen molar-refractivity contribution >= 4 is 23.2 Å². The van der Waals surface area contributed by atoms with Crippen molar-refractivity contribution < 1.29 is 13.2 Å². The summed E-state index contributed by atoms with van der Waals surface area (Å²) in [5.74, 6) is 5.67. The van der Waals surface area contributed by atoms with E-state index in [1.807, 2.05) is 32.9 Å². The number of hydrogen-bond acceptors (Lipinski definition) is 1. The zero-order valence-electron chi connectivity index (χ0n) is 65.8. The molecule has 0 spiro atoms. The Labute approximate surface area is 596 Å². The first-order chi connectivity index (χ1) is 44.3. The average molecular weight is 1350 g/mol. The summed E-state index contributed by atoms with van der Waals surface area (Å²) in [4.78, 5) is 4.24. The Balaban J connectivity index is 0.000000550. The fourth-order valence-corrected chi connectivity index (χ4v) is 10.7. The topological polar surface area (TPSA) is 12.9 Å². The zero-order chi connectivity index (χ0) is 74.0. The number of hydrogen-bond donors (Lipinski definition) is 0. The van der Waals surface area contributed by atoms with Gasteiger partial charge >= 0.3 is 6.18 Å². The van der Waals surface area contributed by atoms with E-state index in [0.717, 1.165) is 27.9 Å². The molecule has 0 saturated carbocycles. The Morgan fingerprint density at radius 3 is 0.969 bits per heavy atom.